The van der Waals surface area contributed by atoms with E-state index in [1.807, 2.05) is 4.90 Å². The van der Waals surface area contributed by atoms with Crippen LogP contribution < -0.4 is 15.9 Å². The molecular formula is C30H36F4N3O3PS. The number of aliphatic hydroxyl groups excluding tert-OH is 1. The third-order valence-corrected chi connectivity index (χ3v) is 9.80. The van der Waals surface area contributed by atoms with E-state index in [1.165, 1.54) is 18.4 Å². The van der Waals surface area contributed by atoms with Gasteiger partial charge in [-0.05, 0) is 61.0 Å². The maximum absolute atomic E-state index is 15.1. The van der Waals surface area contributed by atoms with Crippen molar-refractivity contribution in [3.63, 3.8) is 0 Å². The van der Waals surface area contributed by atoms with E-state index in [9.17, 15) is 22.8 Å². The van der Waals surface area contributed by atoms with Crippen molar-refractivity contribution in [2.75, 3.05) is 63.9 Å². The Hall–Kier alpha value is -2.61. The Morgan fingerprint density at radius 3 is 2.60 bits per heavy atom. The zero-order valence-corrected chi connectivity index (χ0v) is 25.5. The number of alkyl halides is 4. The maximum Gasteiger partial charge on any atom is 0.393 e. The van der Waals surface area contributed by atoms with Crippen LogP contribution in [-0.2, 0) is 15.7 Å². The summed E-state index contributed by atoms with van der Waals surface area (Å²) in [5.41, 5.74) is 1.46. The molecule has 1 saturated heterocycles. The molecule has 1 aliphatic rings. The average Bonchev–Trinajstić information content (AvgIpc) is 3.24. The predicted molar refractivity (Wildman–Crippen MR) is 164 cm³/mol. The SMILES string of the molecule is COCC(O)CN1CCC(Nc2cccc3c(CC(F)(F)F)c(C#CCNc4ccc(P(C)(C)=O)cc4)sc23)C(F)C1. The van der Waals surface area contributed by atoms with Crippen LogP contribution in [0.15, 0.2) is 42.5 Å². The third kappa shape index (κ3) is 8.71. The quantitative estimate of drug-likeness (QED) is 0.156. The zero-order valence-electron chi connectivity index (χ0n) is 23.8. The first-order valence-electron chi connectivity index (χ1n) is 13.6. The summed E-state index contributed by atoms with van der Waals surface area (Å²) >= 11 is 1.17. The highest BCUT2D eigenvalue weighted by Crippen LogP contribution is 2.39. The summed E-state index contributed by atoms with van der Waals surface area (Å²) in [5, 5.41) is 17.6. The van der Waals surface area contributed by atoms with Crippen molar-refractivity contribution in [1.82, 2.24) is 4.90 Å². The molecule has 0 aliphatic carbocycles. The standard InChI is InChI=1S/C30H36F4N3O3PS/c1-40-19-21(38)17-37-15-13-26(25(31)18-37)36-27-7-4-6-23-24(16-30(32,33)34)28(42-29(23)27)8-5-14-35-20-9-11-22(12-10-20)41(2,3)39/h4,6-7,9-12,21,25-26,35-36,38H,13-19H2,1-3H3. The minimum Gasteiger partial charge on any atom is -0.389 e. The van der Waals surface area contributed by atoms with Crippen LogP contribution in [0.4, 0.5) is 28.9 Å². The number of nitrogens with zero attached hydrogens (tertiary/aromatic N) is 1. The Morgan fingerprint density at radius 2 is 1.95 bits per heavy atom. The molecule has 6 nitrogen and oxygen atoms in total. The number of thiophene rings is 1. The van der Waals surface area contributed by atoms with Gasteiger partial charge in [-0.1, -0.05) is 24.0 Å². The van der Waals surface area contributed by atoms with Crippen LogP contribution in [-0.4, -0.2) is 87.7 Å². The first-order valence-corrected chi connectivity index (χ1v) is 17.1. The summed E-state index contributed by atoms with van der Waals surface area (Å²) in [6.07, 6.45) is -6.98. The number of β-amino-alcohol motifs (C(OH)–C–C–N with tert-alkyl or cyclic N) is 1. The number of methoxy groups -OCH3 is 1. The van der Waals surface area contributed by atoms with Gasteiger partial charge in [-0.15, -0.1) is 11.3 Å². The molecule has 1 aliphatic heterocycles. The van der Waals surface area contributed by atoms with Crippen molar-refractivity contribution in [1.29, 1.82) is 0 Å². The smallest absolute Gasteiger partial charge is 0.389 e. The number of piperidine rings is 1. The molecule has 2 heterocycles. The molecule has 1 aromatic heterocycles. The van der Waals surface area contributed by atoms with Crippen molar-refractivity contribution in [3.05, 3.63) is 52.9 Å². The zero-order chi connectivity index (χ0) is 30.5. The fraction of sp³-hybridized carbons (Fsp3) is 0.467. The Labute approximate surface area is 247 Å². The summed E-state index contributed by atoms with van der Waals surface area (Å²) in [6, 6.07) is 11.7. The molecule has 3 atom stereocenters. The van der Waals surface area contributed by atoms with Gasteiger partial charge in [0.1, 0.15) is 13.3 Å². The lowest BCUT2D eigenvalue weighted by atomic mass is 10.0. The van der Waals surface area contributed by atoms with E-state index < -0.39 is 38.1 Å². The molecule has 3 aromatic rings. The molecule has 0 amide bonds. The summed E-state index contributed by atoms with van der Waals surface area (Å²) in [4.78, 5) is 2.17. The fourth-order valence-corrected chi connectivity index (χ4v) is 7.05. The molecule has 4 rings (SSSR count). The number of hydrogen-bond acceptors (Lipinski definition) is 7. The van der Waals surface area contributed by atoms with Crippen LogP contribution in [0.5, 0.6) is 0 Å². The molecule has 3 unspecified atom stereocenters. The highest BCUT2D eigenvalue weighted by Gasteiger charge is 2.33. The normalized spacial score (nSPS) is 18.9. The first-order chi connectivity index (χ1) is 19.8. The Morgan fingerprint density at radius 1 is 1.21 bits per heavy atom. The molecule has 0 radical (unpaired) electrons. The number of likely N-dealkylation sites (tertiary alicyclic amines) is 1. The van der Waals surface area contributed by atoms with E-state index in [-0.39, 0.29) is 25.3 Å². The van der Waals surface area contributed by atoms with E-state index in [0.717, 1.165) is 11.0 Å². The molecule has 0 saturated carbocycles. The maximum atomic E-state index is 15.1. The van der Waals surface area contributed by atoms with Crippen LogP contribution in [0.1, 0.15) is 16.9 Å². The Kier molecular flexibility index (Phi) is 10.6. The van der Waals surface area contributed by atoms with Gasteiger partial charge < -0.3 is 25.0 Å². The number of aliphatic hydroxyl groups is 1. The minimum absolute atomic E-state index is 0.114. The largest absolute Gasteiger partial charge is 0.393 e. The van der Waals surface area contributed by atoms with E-state index in [4.69, 9.17) is 4.74 Å². The molecule has 12 heteroatoms. The second kappa shape index (κ2) is 13.8. The molecule has 2 aromatic carbocycles. The van der Waals surface area contributed by atoms with Gasteiger partial charge in [0.15, 0.2) is 0 Å². The lowest BCUT2D eigenvalue weighted by Gasteiger charge is -2.36. The van der Waals surface area contributed by atoms with Gasteiger partial charge in [0.25, 0.3) is 0 Å². The second-order valence-corrected chi connectivity index (χ2v) is 15.1. The van der Waals surface area contributed by atoms with Gasteiger partial charge in [-0.25, -0.2) is 4.39 Å². The first kappa shape index (κ1) is 32.3. The van der Waals surface area contributed by atoms with E-state index in [2.05, 4.69) is 22.5 Å². The van der Waals surface area contributed by atoms with Crippen LogP contribution in [0.3, 0.4) is 0 Å². The fourth-order valence-electron chi connectivity index (χ4n) is 5.01. The predicted octanol–water partition coefficient (Wildman–Crippen LogP) is 5.55. The third-order valence-electron chi connectivity index (χ3n) is 7.06. The van der Waals surface area contributed by atoms with Gasteiger partial charge in [-0.2, -0.15) is 13.2 Å². The summed E-state index contributed by atoms with van der Waals surface area (Å²) in [5.74, 6) is 5.86. The lowest BCUT2D eigenvalue weighted by Crippen LogP contribution is -2.50. The summed E-state index contributed by atoms with van der Waals surface area (Å²) < 4.78 is 73.7. The van der Waals surface area contributed by atoms with Crippen LogP contribution in [0, 0.1) is 11.8 Å². The molecule has 0 bridgehead atoms. The van der Waals surface area contributed by atoms with Gasteiger partial charge >= 0.3 is 6.18 Å². The van der Waals surface area contributed by atoms with Gasteiger partial charge in [0.2, 0.25) is 0 Å². The number of rotatable bonds is 10. The van der Waals surface area contributed by atoms with Crippen molar-refractivity contribution < 1.29 is 32.0 Å². The molecule has 1 fully saturated rings. The summed E-state index contributed by atoms with van der Waals surface area (Å²) in [7, 11) is -0.870. The van der Waals surface area contributed by atoms with Crippen LogP contribution >= 0.6 is 18.5 Å². The van der Waals surface area contributed by atoms with Gasteiger partial charge in [0, 0.05) is 37.7 Å². The highest BCUT2D eigenvalue weighted by atomic mass is 32.1. The van der Waals surface area contributed by atoms with Crippen molar-refractivity contribution in [2.45, 2.75) is 37.3 Å². The number of anilines is 2. The summed E-state index contributed by atoms with van der Waals surface area (Å²) in [6.45, 7) is 4.79. The molecule has 42 heavy (non-hydrogen) atoms. The van der Waals surface area contributed by atoms with Crippen molar-refractivity contribution >= 4 is 45.2 Å². The molecular weight excluding hydrogens is 589 g/mol. The minimum atomic E-state index is -4.42. The molecule has 3 N–H and O–H groups in total. The lowest BCUT2D eigenvalue weighted by molar-refractivity contribution is -0.126. The number of ether oxygens (including phenoxy) is 1. The number of fused-ring (bicyclic) bond motifs is 1. The number of halogens is 4. The second-order valence-electron chi connectivity index (χ2n) is 10.9. The Balaban J connectivity index is 1.51. The Bertz CT molecular complexity index is 1460. The van der Waals surface area contributed by atoms with E-state index >= 15 is 4.39 Å². The number of hydrogen-bond donors (Lipinski definition) is 3. The van der Waals surface area contributed by atoms with Gasteiger partial charge in [0.05, 0.1) is 47.0 Å². The van der Waals surface area contributed by atoms with Crippen molar-refractivity contribution in [2.24, 2.45) is 0 Å². The highest BCUT2D eigenvalue weighted by molar-refractivity contribution is 7.70. The topological polar surface area (TPSA) is 73.8 Å². The van der Waals surface area contributed by atoms with E-state index in [1.54, 1.807) is 55.8 Å². The van der Waals surface area contributed by atoms with Crippen LogP contribution in [0.25, 0.3) is 10.1 Å². The number of nitrogens with one attached hydrogen (secondary N) is 2. The van der Waals surface area contributed by atoms with Gasteiger partial charge in [-0.3, -0.25) is 4.90 Å². The number of benzene rings is 2. The average molecular weight is 626 g/mol. The van der Waals surface area contributed by atoms with Crippen LogP contribution in [0.2, 0.25) is 0 Å². The van der Waals surface area contributed by atoms with Crippen molar-refractivity contribution in [3.8, 4) is 11.8 Å². The van der Waals surface area contributed by atoms with E-state index in [0.29, 0.717) is 40.2 Å². The molecule has 228 valence electrons. The molecule has 0 spiro atoms. The monoisotopic (exact) mass is 625 g/mol.